The summed E-state index contributed by atoms with van der Waals surface area (Å²) in [6, 6.07) is 4.21. The number of ether oxygens (including phenoxy) is 1. The van der Waals surface area contributed by atoms with Crippen molar-refractivity contribution in [3.05, 3.63) is 23.9 Å². The largest absolute Gasteiger partial charge is 0.375 e. The third-order valence-electron chi connectivity index (χ3n) is 4.13. The van der Waals surface area contributed by atoms with E-state index in [1.807, 2.05) is 6.20 Å². The van der Waals surface area contributed by atoms with Gasteiger partial charge >= 0.3 is 0 Å². The highest BCUT2D eigenvalue weighted by Crippen LogP contribution is 2.15. The number of pyridine rings is 1. The highest BCUT2D eigenvalue weighted by molar-refractivity contribution is 5.79. The number of rotatable bonds is 7. The van der Waals surface area contributed by atoms with Gasteiger partial charge in [0.1, 0.15) is 5.82 Å². The predicted octanol–water partition coefficient (Wildman–Crippen LogP) is 2.16. The highest BCUT2D eigenvalue weighted by atomic mass is 16.5. The Morgan fingerprint density at radius 1 is 1.38 bits per heavy atom. The maximum absolute atomic E-state index is 5.58. The topological polar surface area (TPSA) is 61.8 Å². The van der Waals surface area contributed by atoms with Gasteiger partial charge in [0.2, 0.25) is 0 Å². The number of hydrogen-bond donors (Lipinski definition) is 2. The number of aliphatic imine (C=N–C) groups is 1. The van der Waals surface area contributed by atoms with Crippen molar-refractivity contribution in [1.82, 2.24) is 15.6 Å². The molecule has 1 aromatic heterocycles. The van der Waals surface area contributed by atoms with Gasteiger partial charge in [0.05, 0.1) is 12.7 Å². The van der Waals surface area contributed by atoms with Gasteiger partial charge in [0, 0.05) is 39.4 Å². The van der Waals surface area contributed by atoms with E-state index in [4.69, 9.17) is 4.74 Å². The molecule has 134 valence electrons. The molecule has 2 N–H and O–H groups in total. The van der Waals surface area contributed by atoms with Crippen LogP contribution in [0.1, 0.15) is 38.7 Å². The maximum Gasteiger partial charge on any atom is 0.191 e. The molecule has 1 saturated heterocycles. The average molecular weight is 333 g/mol. The van der Waals surface area contributed by atoms with E-state index >= 15 is 0 Å². The minimum Gasteiger partial charge on any atom is -0.375 e. The number of nitrogens with zero attached hydrogens (tertiary/aromatic N) is 3. The lowest BCUT2D eigenvalue weighted by molar-refractivity contribution is 0.0529. The average Bonchev–Trinajstić information content (AvgIpc) is 2.61. The number of nitrogens with one attached hydrogen (secondary N) is 2. The molecule has 0 bridgehead atoms. The van der Waals surface area contributed by atoms with Gasteiger partial charge in [-0.2, -0.15) is 0 Å². The molecule has 1 aromatic rings. The molecule has 0 aliphatic carbocycles. The van der Waals surface area contributed by atoms with Gasteiger partial charge in [-0.25, -0.2) is 4.98 Å². The summed E-state index contributed by atoms with van der Waals surface area (Å²) in [4.78, 5) is 11.1. The molecule has 2 heterocycles. The first-order chi connectivity index (χ1) is 11.7. The third-order valence-corrected chi connectivity index (χ3v) is 4.13. The summed E-state index contributed by atoms with van der Waals surface area (Å²) in [6.45, 7) is 8.57. The van der Waals surface area contributed by atoms with Crippen LogP contribution in [0.15, 0.2) is 23.3 Å². The van der Waals surface area contributed by atoms with E-state index in [-0.39, 0.29) is 6.10 Å². The van der Waals surface area contributed by atoms with Crippen molar-refractivity contribution in [2.75, 3.05) is 38.2 Å². The van der Waals surface area contributed by atoms with E-state index in [0.717, 1.165) is 50.1 Å². The maximum atomic E-state index is 5.58. The molecule has 6 nitrogen and oxygen atoms in total. The fraction of sp³-hybridized carbons (Fsp3) is 0.667. The summed E-state index contributed by atoms with van der Waals surface area (Å²) in [7, 11) is 1.80. The monoisotopic (exact) mass is 333 g/mol. The Morgan fingerprint density at radius 3 is 2.92 bits per heavy atom. The fourth-order valence-electron chi connectivity index (χ4n) is 2.72. The van der Waals surface area contributed by atoms with Gasteiger partial charge in [-0.1, -0.05) is 25.8 Å². The Bertz CT molecular complexity index is 503. The highest BCUT2D eigenvalue weighted by Gasteiger charge is 2.17. The van der Waals surface area contributed by atoms with Gasteiger partial charge in [-0.05, 0) is 25.0 Å². The Morgan fingerprint density at radius 2 is 2.25 bits per heavy atom. The van der Waals surface area contributed by atoms with Crippen molar-refractivity contribution in [2.45, 2.75) is 45.8 Å². The Hall–Kier alpha value is -1.82. The van der Waals surface area contributed by atoms with Crippen LogP contribution in [0.3, 0.4) is 0 Å². The lowest BCUT2D eigenvalue weighted by atomic mass is 10.2. The van der Waals surface area contributed by atoms with Gasteiger partial charge in [0.25, 0.3) is 0 Å². The van der Waals surface area contributed by atoms with Crippen LogP contribution in [0.5, 0.6) is 0 Å². The first-order valence-electron chi connectivity index (χ1n) is 8.99. The number of hydrogen-bond acceptors (Lipinski definition) is 4. The summed E-state index contributed by atoms with van der Waals surface area (Å²) in [6.07, 6.45) is 5.85. The summed E-state index contributed by atoms with van der Waals surface area (Å²) < 4.78 is 5.58. The van der Waals surface area contributed by atoms with Crippen molar-refractivity contribution < 1.29 is 4.74 Å². The van der Waals surface area contributed by atoms with Crippen LogP contribution < -0.4 is 15.5 Å². The van der Waals surface area contributed by atoms with Crippen molar-refractivity contribution >= 4 is 11.8 Å². The van der Waals surface area contributed by atoms with E-state index in [9.17, 15) is 0 Å². The Labute approximate surface area is 145 Å². The van der Waals surface area contributed by atoms with Crippen LogP contribution >= 0.6 is 0 Å². The van der Waals surface area contributed by atoms with Crippen LogP contribution in [-0.2, 0) is 11.3 Å². The summed E-state index contributed by atoms with van der Waals surface area (Å²) >= 11 is 0. The van der Waals surface area contributed by atoms with Crippen LogP contribution in [0.25, 0.3) is 0 Å². The SMILES string of the molecule is CCCCCNC(=NC)NCc1ccc(N2CCOC(C)C2)nc1. The van der Waals surface area contributed by atoms with Gasteiger partial charge in [0.15, 0.2) is 5.96 Å². The van der Waals surface area contributed by atoms with Crippen molar-refractivity contribution in [3.8, 4) is 0 Å². The second kappa shape index (κ2) is 10.1. The minimum atomic E-state index is 0.268. The van der Waals surface area contributed by atoms with E-state index in [1.54, 1.807) is 7.05 Å². The van der Waals surface area contributed by atoms with Crippen molar-refractivity contribution in [1.29, 1.82) is 0 Å². The van der Waals surface area contributed by atoms with Gasteiger partial charge in [-0.3, -0.25) is 4.99 Å². The van der Waals surface area contributed by atoms with Crippen LogP contribution in [-0.4, -0.2) is 50.3 Å². The first-order valence-corrected chi connectivity index (χ1v) is 8.99. The zero-order valence-corrected chi connectivity index (χ0v) is 15.2. The number of guanidine groups is 1. The minimum absolute atomic E-state index is 0.268. The molecule has 1 aliphatic rings. The molecule has 24 heavy (non-hydrogen) atoms. The number of aromatic nitrogens is 1. The fourth-order valence-corrected chi connectivity index (χ4v) is 2.72. The molecule has 1 fully saturated rings. The molecule has 0 radical (unpaired) electrons. The molecule has 1 atom stereocenters. The second-order valence-corrected chi connectivity index (χ2v) is 6.21. The standard InChI is InChI=1S/C18H31N5O/c1-4-5-6-9-20-18(19-3)22-13-16-7-8-17(21-12-16)23-10-11-24-15(2)14-23/h7-8,12,15H,4-6,9-11,13-14H2,1-3H3,(H2,19,20,22). The molecule has 0 saturated carbocycles. The summed E-state index contributed by atoms with van der Waals surface area (Å²) in [5.41, 5.74) is 1.15. The molecule has 1 unspecified atom stereocenters. The van der Waals surface area contributed by atoms with E-state index in [0.29, 0.717) is 0 Å². The molecule has 1 aliphatic heterocycles. The third kappa shape index (κ3) is 6.00. The van der Waals surface area contributed by atoms with Crippen LogP contribution in [0.2, 0.25) is 0 Å². The van der Waals surface area contributed by atoms with Crippen LogP contribution in [0.4, 0.5) is 5.82 Å². The molecular weight excluding hydrogens is 302 g/mol. The van der Waals surface area contributed by atoms with E-state index < -0.39 is 0 Å². The molecule has 6 heteroatoms. The smallest absolute Gasteiger partial charge is 0.191 e. The number of anilines is 1. The Balaban J connectivity index is 1.78. The quantitative estimate of drug-likeness (QED) is 0.455. The number of unbranched alkanes of at least 4 members (excludes halogenated alkanes) is 2. The van der Waals surface area contributed by atoms with Gasteiger partial charge in [-0.15, -0.1) is 0 Å². The van der Waals surface area contributed by atoms with Crippen LogP contribution in [0, 0.1) is 0 Å². The molecule has 0 aromatic carbocycles. The molecular formula is C18H31N5O. The summed E-state index contributed by atoms with van der Waals surface area (Å²) in [5.74, 6) is 1.87. The number of morpholine rings is 1. The van der Waals surface area contributed by atoms with Crippen molar-refractivity contribution in [2.24, 2.45) is 4.99 Å². The van der Waals surface area contributed by atoms with E-state index in [1.165, 1.54) is 19.3 Å². The lowest BCUT2D eigenvalue weighted by Crippen LogP contribution is -2.41. The summed E-state index contributed by atoms with van der Waals surface area (Å²) in [5, 5.41) is 6.67. The first kappa shape index (κ1) is 18.5. The second-order valence-electron chi connectivity index (χ2n) is 6.21. The molecule has 2 rings (SSSR count). The van der Waals surface area contributed by atoms with Gasteiger partial charge < -0.3 is 20.3 Å². The zero-order valence-electron chi connectivity index (χ0n) is 15.2. The normalized spacial score (nSPS) is 18.5. The molecule has 0 amide bonds. The van der Waals surface area contributed by atoms with Crippen molar-refractivity contribution in [3.63, 3.8) is 0 Å². The molecule has 0 spiro atoms. The zero-order chi connectivity index (χ0) is 17.2. The lowest BCUT2D eigenvalue weighted by Gasteiger charge is -2.32. The van der Waals surface area contributed by atoms with E-state index in [2.05, 4.69) is 51.5 Å². The predicted molar refractivity (Wildman–Crippen MR) is 99.6 cm³/mol. The Kier molecular flexibility index (Phi) is 7.82.